The molecule has 2 saturated heterocycles. The highest BCUT2D eigenvalue weighted by atomic mass is 79.9. The van der Waals surface area contributed by atoms with E-state index in [-0.39, 0.29) is 18.2 Å². The lowest BCUT2D eigenvalue weighted by Gasteiger charge is -2.40. The van der Waals surface area contributed by atoms with Crippen LogP contribution in [-0.2, 0) is 15.2 Å². The molecule has 164 valence electrons. The lowest BCUT2D eigenvalue weighted by Crippen LogP contribution is -2.49. The topological polar surface area (TPSA) is 70.1 Å². The van der Waals surface area contributed by atoms with E-state index >= 15 is 0 Å². The Kier molecular flexibility index (Phi) is 6.46. The van der Waals surface area contributed by atoms with Crippen LogP contribution in [0.5, 0.6) is 5.75 Å². The van der Waals surface area contributed by atoms with Crippen LogP contribution >= 0.6 is 15.9 Å². The van der Waals surface area contributed by atoms with Crippen LogP contribution in [0.25, 0.3) is 0 Å². The Morgan fingerprint density at radius 1 is 1.06 bits per heavy atom. The third-order valence-corrected chi connectivity index (χ3v) is 6.67. The van der Waals surface area contributed by atoms with Crippen molar-refractivity contribution in [2.45, 2.75) is 44.2 Å². The number of rotatable bonds is 6. The predicted molar refractivity (Wildman–Crippen MR) is 122 cm³/mol. The van der Waals surface area contributed by atoms with Crippen LogP contribution < -0.4 is 9.64 Å². The Hall–Kier alpha value is -2.22. The zero-order valence-corrected chi connectivity index (χ0v) is 19.2. The average molecular weight is 487 g/mol. The first-order valence-electron chi connectivity index (χ1n) is 10.7. The first-order chi connectivity index (χ1) is 14.9. The van der Waals surface area contributed by atoms with Gasteiger partial charge < -0.3 is 9.84 Å². The Balaban J connectivity index is 1.42. The smallest absolute Gasteiger partial charge is 0.251 e. The molecule has 2 fully saturated rings. The van der Waals surface area contributed by atoms with Gasteiger partial charge in [0.05, 0.1) is 30.4 Å². The second-order valence-electron chi connectivity index (χ2n) is 8.20. The van der Waals surface area contributed by atoms with E-state index in [1.165, 1.54) is 4.90 Å². The van der Waals surface area contributed by atoms with Gasteiger partial charge in [0, 0.05) is 17.6 Å². The van der Waals surface area contributed by atoms with Crippen LogP contribution in [0.3, 0.4) is 0 Å². The summed E-state index contributed by atoms with van der Waals surface area (Å²) < 4.78 is 6.55. The molecule has 0 radical (unpaired) electrons. The minimum Gasteiger partial charge on any atom is -0.494 e. The van der Waals surface area contributed by atoms with E-state index in [1.807, 2.05) is 36.1 Å². The van der Waals surface area contributed by atoms with Gasteiger partial charge in [-0.15, -0.1) is 0 Å². The monoisotopic (exact) mass is 486 g/mol. The molecule has 2 heterocycles. The van der Waals surface area contributed by atoms with Crippen molar-refractivity contribution in [2.75, 3.05) is 24.6 Å². The number of hydrogen-bond donors (Lipinski definition) is 1. The number of halogens is 1. The Bertz CT molecular complexity index is 937. The maximum atomic E-state index is 13.1. The Morgan fingerprint density at radius 2 is 1.71 bits per heavy atom. The van der Waals surface area contributed by atoms with E-state index in [4.69, 9.17) is 4.74 Å². The first-order valence-corrected chi connectivity index (χ1v) is 11.5. The normalized spacial score (nSPS) is 21.5. The minimum absolute atomic E-state index is 0.170. The Morgan fingerprint density at radius 3 is 2.32 bits per heavy atom. The summed E-state index contributed by atoms with van der Waals surface area (Å²) in [5.41, 5.74) is 0.553. The van der Waals surface area contributed by atoms with Crippen LogP contribution in [0, 0.1) is 0 Å². The molecule has 2 aromatic carbocycles. The highest BCUT2D eigenvalue weighted by Gasteiger charge is 2.45. The fraction of sp³-hybridized carbons (Fsp3) is 0.417. The minimum atomic E-state index is -0.906. The summed E-state index contributed by atoms with van der Waals surface area (Å²) in [5.74, 6) is 0.344. The van der Waals surface area contributed by atoms with Crippen molar-refractivity contribution in [3.8, 4) is 5.75 Å². The third kappa shape index (κ3) is 4.54. The van der Waals surface area contributed by atoms with E-state index in [2.05, 4.69) is 15.9 Å². The zero-order chi connectivity index (χ0) is 22.0. The van der Waals surface area contributed by atoms with Gasteiger partial charge in [0.25, 0.3) is 5.91 Å². The number of aliphatic hydroxyl groups is 1. The number of nitrogens with zero attached hydrogens (tertiary/aromatic N) is 2. The molecule has 2 aliphatic rings. The maximum Gasteiger partial charge on any atom is 0.251 e. The van der Waals surface area contributed by atoms with E-state index in [0.717, 1.165) is 22.2 Å². The van der Waals surface area contributed by atoms with Gasteiger partial charge in [-0.3, -0.25) is 14.5 Å². The third-order valence-electron chi connectivity index (χ3n) is 6.14. The van der Waals surface area contributed by atoms with Gasteiger partial charge in [0.15, 0.2) is 0 Å². The Labute approximate surface area is 190 Å². The number of imide groups is 1. The van der Waals surface area contributed by atoms with Crippen molar-refractivity contribution in [2.24, 2.45) is 0 Å². The van der Waals surface area contributed by atoms with Crippen molar-refractivity contribution in [3.63, 3.8) is 0 Å². The predicted octanol–water partition coefficient (Wildman–Crippen LogP) is 3.85. The van der Waals surface area contributed by atoms with Crippen molar-refractivity contribution >= 4 is 33.4 Å². The maximum absolute atomic E-state index is 13.1. The van der Waals surface area contributed by atoms with E-state index in [9.17, 15) is 14.7 Å². The molecule has 1 N–H and O–H groups in total. The van der Waals surface area contributed by atoms with Crippen LogP contribution in [0.4, 0.5) is 5.69 Å². The fourth-order valence-electron chi connectivity index (χ4n) is 4.34. The largest absolute Gasteiger partial charge is 0.494 e. The summed E-state index contributed by atoms with van der Waals surface area (Å²) in [6.45, 7) is 3.79. The number of likely N-dealkylation sites (tertiary alicyclic amines) is 1. The molecule has 0 spiro atoms. The zero-order valence-electron chi connectivity index (χ0n) is 17.6. The SMILES string of the molecule is CCCOc1ccc(N2C(=O)C[C@@H](N3CCC(O)(c4ccc(Br)cc4)CC3)C2=O)cc1. The molecule has 2 amide bonds. The van der Waals surface area contributed by atoms with Gasteiger partial charge in [0.1, 0.15) is 5.75 Å². The summed E-state index contributed by atoms with van der Waals surface area (Å²) in [6, 6.07) is 14.3. The molecule has 2 aliphatic heterocycles. The van der Waals surface area contributed by atoms with Crippen LogP contribution in [0.2, 0.25) is 0 Å². The van der Waals surface area contributed by atoms with E-state index in [0.29, 0.717) is 38.2 Å². The summed E-state index contributed by atoms with van der Waals surface area (Å²) >= 11 is 3.42. The number of carbonyl (C=O) groups excluding carboxylic acids is 2. The molecule has 2 aromatic rings. The molecular formula is C24H27BrN2O4. The summed E-state index contributed by atoms with van der Waals surface area (Å²) in [7, 11) is 0. The molecule has 0 bridgehead atoms. The van der Waals surface area contributed by atoms with Crippen LogP contribution in [0.1, 0.15) is 38.2 Å². The molecule has 31 heavy (non-hydrogen) atoms. The summed E-state index contributed by atoms with van der Waals surface area (Å²) in [5, 5.41) is 11.1. The lowest BCUT2D eigenvalue weighted by atomic mass is 9.84. The van der Waals surface area contributed by atoms with Gasteiger partial charge in [0.2, 0.25) is 5.91 Å². The number of piperidine rings is 1. The quantitative estimate of drug-likeness (QED) is 0.627. The van der Waals surface area contributed by atoms with Crippen molar-refractivity contribution < 1.29 is 19.4 Å². The highest BCUT2D eigenvalue weighted by Crippen LogP contribution is 2.36. The van der Waals surface area contributed by atoms with E-state index in [1.54, 1.807) is 24.3 Å². The van der Waals surface area contributed by atoms with Crippen molar-refractivity contribution in [3.05, 3.63) is 58.6 Å². The number of ether oxygens (including phenoxy) is 1. The summed E-state index contributed by atoms with van der Waals surface area (Å²) in [4.78, 5) is 29.1. The van der Waals surface area contributed by atoms with Crippen molar-refractivity contribution in [1.82, 2.24) is 4.90 Å². The molecule has 6 nitrogen and oxygen atoms in total. The summed E-state index contributed by atoms with van der Waals surface area (Å²) in [6.07, 6.45) is 2.13. The number of amides is 2. The van der Waals surface area contributed by atoms with Gasteiger partial charge in [-0.1, -0.05) is 35.0 Å². The average Bonchev–Trinajstić information content (AvgIpc) is 3.07. The number of benzene rings is 2. The van der Waals surface area contributed by atoms with Gasteiger partial charge in [-0.25, -0.2) is 4.90 Å². The molecule has 0 saturated carbocycles. The number of hydrogen-bond acceptors (Lipinski definition) is 5. The van der Waals surface area contributed by atoms with Gasteiger partial charge in [-0.2, -0.15) is 0 Å². The first kappa shape index (κ1) is 22.0. The second-order valence-corrected chi connectivity index (χ2v) is 9.12. The highest BCUT2D eigenvalue weighted by molar-refractivity contribution is 9.10. The molecule has 0 unspecified atom stereocenters. The molecule has 0 aliphatic carbocycles. The number of anilines is 1. The van der Waals surface area contributed by atoms with Crippen LogP contribution in [-0.4, -0.2) is 47.6 Å². The van der Waals surface area contributed by atoms with Gasteiger partial charge in [-0.05, 0) is 61.2 Å². The van der Waals surface area contributed by atoms with Gasteiger partial charge >= 0.3 is 0 Å². The second kappa shape index (κ2) is 9.10. The number of carbonyl (C=O) groups is 2. The molecule has 1 atom stereocenters. The molecule has 7 heteroatoms. The molecule has 0 aromatic heterocycles. The lowest BCUT2D eigenvalue weighted by molar-refractivity contribution is -0.124. The molecule has 4 rings (SSSR count). The standard InChI is InChI=1S/C24H27BrN2O4/c1-2-15-31-20-9-7-19(8-10-20)27-22(28)16-21(23(27)29)26-13-11-24(30,12-14-26)17-3-5-18(25)6-4-17/h3-10,21,30H,2,11-16H2,1H3/t21-/m1/s1. The fourth-order valence-corrected chi connectivity index (χ4v) is 4.60. The molecular weight excluding hydrogens is 460 g/mol. The van der Waals surface area contributed by atoms with Crippen LogP contribution in [0.15, 0.2) is 53.0 Å². The van der Waals surface area contributed by atoms with Crippen molar-refractivity contribution in [1.29, 1.82) is 0 Å². The van der Waals surface area contributed by atoms with E-state index < -0.39 is 11.6 Å².